The smallest absolute Gasteiger partial charge is 0.409 e. The summed E-state index contributed by atoms with van der Waals surface area (Å²) in [4.78, 5) is 38.6. The van der Waals surface area contributed by atoms with Crippen molar-refractivity contribution in [3.63, 3.8) is 0 Å². The molecule has 0 aliphatic carbocycles. The van der Waals surface area contributed by atoms with Crippen LogP contribution in [0.5, 0.6) is 5.75 Å². The molecule has 2 aromatic heterocycles. The topological polar surface area (TPSA) is 124 Å². The highest BCUT2D eigenvalue weighted by molar-refractivity contribution is 7.91. The van der Waals surface area contributed by atoms with E-state index in [0.29, 0.717) is 67.5 Å². The number of benzene rings is 1. The highest BCUT2D eigenvalue weighted by Crippen LogP contribution is 2.33. The number of rotatable bonds is 5. The van der Waals surface area contributed by atoms with Crippen molar-refractivity contribution in [3.8, 4) is 17.0 Å². The maximum absolute atomic E-state index is 13.8. The number of amides is 2. The number of hydrogen-bond donors (Lipinski definition) is 0. The fourth-order valence-electron chi connectivity index (χ4n) is 5.16. The SMILES string of the molecule is CCOC(=O)N1CCN(C(=O)c2nc(-c3ccc(OC)cc3)cc3c2nc(C)n3C2CCS(=O)(=O)C2)CC1. The summed E-state index contributed by atoms with van der Waals surface area (Å²) in [5.41, 5.74) is 2.70. The van der Waals surface area contributed by atoms with E-state index in [-0.39, 0.29) is 35.2 Å². The largest absolute Gasteiger partial charge is 0.497 e. The minimum Gasteiger partial charge on any atom is -0.497 e. The number of pyridine rings is 1. The first-order valence-electron chi connectivity index (χ1n) is 12.7. The highest BCUT2D eigenvalue weighted by atomic mass is 32.2. The summed E-state index contributed by atoms with van der Waals surface area (Å²) in [6.45, 7) is 5.28. The van der Waals surface area contributed by atoms with Crippen LogP contribution >= 0.6 is 0 Å². The third kappa shape index (κ3) is 4.92. The summed E-state index contributed by atoms with van der Waals surface area (Å²) in [6, 6.07) is 9.00. The summed E-state index contributed by atoms with van der Waals surface area (Å²) < 4.78 is 36.8. The fourth-order valence-corrected chi connectivity index (χ4v) is 6.86. The lowest BCUT2D eigenvalue weighted by Gasteiger charge is -2.33. The van der Waals surface area contributed by atoms with Crippen molar-refractivity contribution in [1.82, 2.24) is 24.3 Å². The number of carbonyl (C=O) groups excluding carboxylic acids is 2. The number of piperazine rings is 1. The zero-order valence-corrected chi connectivity index (χ0v) is 22.5. The average molecular weight is 542 g/mol. The van der Waals surface area contributed by atoms with Crippen molar-refractivity contribution in [2.24, 2.45) is 0 Å². The normalized spacial score (nSPS) is 19.1. The predicted octanol–water partition coefficient (Wildman–Crippen LogP) is 2.69. The fraction of sp³-hybridized carbons (Fsp3) is 0.462. The molecule has 0 N–H and O–H groups in total. The van der Waals surface area contributed by atoms with Crippen LogP contribution in [0.4, 0.5) is 4.79 Å². The van der Waals surface area contributed by atoms with Crippen LogP contribution in [0.15, 0.2) is 30.3 Å². The molecule has 2 saturated heterocycles. The number of imidazole rings is 1. The number of hydrogen-bond acceptors (Lipinski definition) is 8. The number of ether oxygens (including phenoxy) is 2. The minimum atomic E-state index is -3.13. The molecule has 2 aliphatic rings. The Kier molecular flexibility index (Phi) is 6.99. The van der Waals surface area contributed by atoms with Gasteiger partial charge in [0.25, 0.3) is 5.91 Å². The van der Waals surface area contributed by atoms with Gasteiger partial charge in [0, 0.05) is 31.7 Å². The van der Waals surface area contributed by atoms with Gasteiger partial charge in [0.15, 0.2) is 15.5 Å². The van der Waals surface area contributed by atoms with Crippen molar-refractivity contribution in [2.45, 2.75) is 26.3 Å². The van der Waals surface area contributed by atoms with E-state index in [1.54, 1.807) is 23.8 Å². The van der Waals surface area contributed by atoms with E-state index in [0.717, 1.165) is 5.56 Å². The molecule has 12 heteroatoms. The molecule has 2 aliphatic heterocycles. The lowest BCUT2D eigenvalue weighted by Crippen LogP contribution is -2.50. The summed E-state index contributed by atoms with van der Waals surface area (Å²) in [6.07, 6.45) is 0.107. The Hall–Kier alpha value is -3.67. The molecule has 0 spiro atoms. The molecule has 5 rings (SSSR count). The molecule has 4 heterocycles. The molecule has 3 aromatic rings. The van der Waals surface area contributed by atoms with E-state index < -0.39 is 9.84 Å². The molecular weight excluding hydrogens is 510 g/mol. The van der Waals surface area contributed by atoms with Gasteiger partial charge in [0.2, 0.25) is 0 Å². The van der Waals surface area contributed by atoms with Crippen molar-refractivity contribution in [1.29, 1.82) is 0 Å². The van der Waals surface area contributed by atoms with Crippen molar-refractivity contribution < 1.29 is 27.5 Å². The maximum Gasteiger partial charge on any atom is 0.409 e. The van der Waals surface area contributed by atoms with Crippen molar-refractivity contribution in [3.05, 3.63) is 41.9 Å². The zero-order valence-electron chi connectivity index (χ0n) is 21.7. The summed E-state index contributed by atoms with van der Waals surface area (Å²) in [5, 5.41) is 0. The standard InChI is InChI=1S/C26H31N5O6S/c1-4-37-26(33)30-12-10-29(11-13-30)25(32)24-23-22(15-21(28-24)18-5-7-20(36-3)8-6-18)31(17(2)27-23)19-9-14-38(34,35)16-19/h5-8,15,19H,4,9-14,16H2,1-3H3. The molecule has 2 fully saturated rings. The molecule has 1 unspecified atom stereocenters. The maximum atomic E-state index is 13.8. The number of aromatic nitrogens is 3. The Labute approximate surface area is 221 Å². The lowest BCUT2D eigenvalue weighted by atomic mass is 10.1. The van der Waals surface area contributed by atoms with Gasteiger partial charge < -0.3 is 23.8 Å². The van der Waals surface area contributed by atoms with Gasteiger partial charge in [-0.1, -0.05) is 0 Å². The molecule has 202 valence electrons. The van der Waals surface area contributed by atoms with Crippen LogP contribution in [0, 0.1) is 6.92 Å². The molecule has 11 nitrogen and oxygen atoms in total. The van der Waals surface area contributed by atoms with E-state index in [4.69, 9.17) is 19.4 Å². The van der Waals surface area contributed by atoms with Crippen LogP contribution in [0.2, 0.25) is 0 Å². The van der Waals surface area contributed by atoms with Gasteiger partial charge in [-0.15, -0.1) is 0 Å². The van der Waals surface area contributed by atoms with Crippen LogP contribution in [-0.2, 0) is 14.6 Å². The Bertz CT molecular complexity index is 1480. The average Bonchev–Trinajstić information content (AvgIpc) is 3.45. The van der Waals surface area contributed by atoms with Gasteiger partial charge >= 0.3 is 6.09 Å². The predicted molar refractivity (Wildman–Crippen MR) is 141 cm³/mol. The zero-order chi connectivity index (χ0) is 27.0. The highest BCUT2D eigenvalue weighted by Gasteiger charge is 2.33. The third-order valence-corrected chi connectivity index (χ3v) is 8.86. The van der Waals surface area contributed by atoms with Gasteiger partial charge in [0.05, 0.1) is 42.5 Å². The number of methoxy groups -OCH3 is 1. The van der Waals surface area contributed by atoms with E-state index in [1.165, 1.54) is 0 Å². The Morgan fingerprint density at radius 2 is 1.74 bits per heavy atom. The van der Waals surface area contributed by atoms with Crippen molar-refractivity contribution in [2.75, 3.05) is 51.4 Å². The molecular formula is C26H31N5O6S. The van der Waals surface area contributed by atoms with E-state index >= 15 is 0 Å². The first-order valence-corrected chi connectivity index (χ1v) is 14.5. The number of carbonyl (C=O) groups is 2. The van der Waals surface area contributed by atoms with Gasteiger partial charge in [-0.2, -0.15) is 0 Å². The van der Waals surface area contributed by atoms with Crippen LogP contribution in [0.1, 0.15) is 35.7 Å². The second kappa shape index (κ2) is 10.2. The molecule has 1 aromatic carbocycles. The molecule has 0 saturated carbocycles. The number of sulfone groups is 1. The second-order valence-electron chi connectivity index (χ2n) is 9.52. The molecule has 38 heavy (non-hydrogen) atoms. The van der Waals surface area contributed by atoms with Crippen LogP contribution in [-0.4, -0.2) is 96.2 Å². The van der Waals surface area contributed by atoms with Gasteiger partial charge in [-0.05, 0) is 50.6 Å². The minimum absolute atomic E-state index is 0.0403. The van der Waals surface area contributed by atoms with E-state index in [9.17, 15) is 18.0 Å². The first kappa shape index (κ1) is 26.0. The van der Waals surface area contributed by atoms with Crippen molar-refractivity contribution >= 4 is 32.9 Å². The van der Waals surface area contributed by atoms with Crippen LogP contribution in [0.3, 0.4) is 0 Å². The third-order valence-electron chi connectivity index (χ3n) is 7.11. The number of nitrogens with zero attached hydrogens (tertiary/aromatic N) is 5. The monoisotopic (exact) mass is 541 g/mol. The molecule has 0 bridgehead atoms. The Balaban J connectivity index is 1.56. The Morgan fingerprint density at radius 1 is 1.05 bits per heavy atom. The van der Waals surface area contributed by atoms with Gasteiger partial charge in [-0.3, -0.25) is 4.79 Å². The number of fused-ring (bicyclic) bond motifs is 1. The molecule has 0 radical (unpaired) electrons. The van der Waals surface area contributed by atoms with Crippen LogP contribution < -0.4 is 4.74 Å². The van der Waals surface area contributed by atoms with E-state index in [1.807, 2.05) is 41.8 Å². The summed E-state index contributed by atoms with van der Waals surface area (Å²) in [5.74, 6) is 1.22. The van der Waals surface area contributed by atoms with Gasteiger partial charge in [0.1, 0.15) is 17.1 Å². The van der Waals surface area contributed by atoms with Gasteiger partial charge in [-0.25, -0.2) is 23.2 Å². The first-order chi connectivity index (χ1) is 18.2. The Morgan fingerprint density at radius 3 is 2.34 bits per heavy atom. The second-order valence-corrected chi connectivity index (χ2v) is 11.7. The summed E-state index contributed by atoms with van der Waals surface area (Å²) >= 11 is 0. The summed E-state index contributed by atoms with van der Waals surface area (Å²) in [7, 11) is -1.54. The molecule has 1 atom stereocenters. The number of aryl methyl sites for hydroxylation is 1. The van der Waals surface area contributed by atoms with E-state index in [2.05, 4.69) is 0 Å². The van der Waals surface area contributed by atoms with Crippen LogP contribution in [0.25, 0.3) is 22.3 Å². The lowest BCUT2D eigenvalue weighted by molar-refractivity contribution is 0.0567. The molecule has 2 amide bonds. The quantitative estimate of drug-likeness (QED) is 0.483.